The number of nitrogens with one attached hydrogen (secondary N) is 1. The van der Waals surface area contributed by atoms with Crippen LogP contribution in [0.5, 0.6) is 0 Å². The van der Waals surface area contributed by atoms with Gasteiger partial charge in [0.25, 0.3) is 0 Å². The van der Waals surface area contributed by atoms with Crippen LogP contribution in [0.3, 0.4) is 0 Å². The van der Waals surface area contributed by atoms with Crippen LogP contribution in [0.15, 0.2) is 46.9 Å². The number of amides is 1. The van der Waals surface area contributed by atoms with Gasteiger partial charge < -0.3 is 15.1 Å². The second-order valence-corrected chi connectivity index (χ2v) is 8.98. The molecule has 1 fully saturated rings. The molecule has 158 valence electrons. The fraction of sp³-hybridized carbons (Fsp3) is 0.400. The third-order valence-corrected chi connectivity index (χ3v) is 6.87. The molecular formula is C20H25N7OS2. The molecule has 1 N–H and O–H groups in total. The normalized spacial score (nSPS) is 14.8. The summed E-state index contributed by atoms with van der Waals surface area (Å²) in [6.45, 7) is 8.19. The highest BCUT2D eigenvalue weighted by Crippen LogP contribution is 2.21. The summed E-state index contributed by atoms with van der Waals surface area (Å²) >= 11 is 3.00. The lowest BCUT2D eigenvalue weighted by atomic mass is 10.2. The third-order valence-electron chi connectivity index (χ3n) is 5.05. The van der Waals surface area contributed by atoms with Gasteiger partial charge in [-0.3, -0.25) is 4.79 Å². The van der Waals surface area contributed by atoms with Gasteiger partial charge in [-0.15, -0.1) is 16.4 Å². The maximum absolute atomic E-state index is 12.4. The number of hydrogen-bond donors (Lipinski definition) is 1. The Morgan fingerprint density at radius 2 is 1.97 bits per heavy atom. The highest BCUT2D eigenvalue weighted by atomic mass is 32.2. The molecule has 0 atom stereocenters. The Kier molecular flexibility index (Phi) is 6.98. The number of thiophene rings is 1. The number of tetrazole rings is 1. The molecule has 1 aromatic carbocycles. The molecule has 0 saturated carbocycles. The van der Waals surface area contributed by atoms with Gasteiger partial charge in [-0.25, -0.2) is 4.68 Å². The molecule has 1 aliphatic rings. The van der Waals surface area contributed by atoms with E-state index in [1.165, 1.54) is 22.3 Å². The molecule has 8 nitrogen and oxygen atoms in total. The van der Waals surface area contributed by atoms with E-state index in [-0.39, 0.29) is 11.7 Å². The topological polar surface area (TPSA) is 79.2 Å². The molecule has 0 bridgehead atoms. The minimum absolute atomic E-state index is 0.0741. The van der Waals surface area contributed by atoms with E-state index in [1.807, 2.05) is 29.6 Å². The lowest BCUT2D eigenvalue weighted by molar-refractivity contribution is -0.113. The van der Waals surface area contributed by atoms with Crippen molar-refractivity contribution in [3.05, 3.63) is 46.7 Å². The molecule has 3 heterocycles. The van der Waals surface area contributed by atoms with Crippen LogP contribution >= 0.6 is 23.1 Å². The monoisotopic (exact) mass is 443 g/mol. The van der Waals surface area contributed by atoms with Crippen molar-refractivity contribution in [2.45, 2.75) is 18.6 Å². The zero-order valence-electron chi connectivity index (χ0n) is 16.9. The Labute approximate surface area is 184 Å². The summed E-state index contributed by atoms with van der Waals surface area (Å²) in [5, 5.41) is 17.4. The summed E-state index contributed by atoms with van der Waals surface area (Å²) in [6, 6.07) is 12.1. The predicted molar refractivity (Wildman–Crippen MR) is 121 cm³/mol. The summed E-state index contributed by atoms with van der Waals surface area (Å²) < 4.78 is 1.72. The lowest BCUT2D eigenvalue weighted by Crippen LogP contribution is -2.46. The Bertz CT molecular complexity index is 934. The fourth-order valence-corrected chi connectivity index (χ4v) is 4.72. The van der Waals surface area contributed by atoms with Gasteiger partial charge in [0.1, 0.15) is 0 Å². The van der Waals surface area contributed by atoms with Crippen molar-refractivity contribution < 1.29 is 4.79 Å². The van der Waals surface area contributed by atoms with E-state index >= 15 is 0 Å². The lowest BCUT2D eigenvalue weighted by Gasteiger charge is -2.35. The summed E-state index contributed by atoms with van der Waals surface area (Å²) in [7, 11) is 0. The molecule has 1 aliphatic heterocycles. The Balaban J connectivity index is 1.26. The number of piperazine rings is 1. The zero-order chi connectivity index (χ0) is 20.8. The highest BCUT2D eigenvalue weighted by molar-refractivity contribution is 7.99. The van der Waals surface area contributed by atoms with Crippen molar-refractivity contribution in [1.29, 1.82) is 0 Å². The second kappa shape index (κ2) is 10.1. The first kappa shape index (κ1) is 20.8. The van der Waals surface area contributed by atoms with Gasteiger partial charge >= 0.3 is 0 Å². The molecule has 10 heteroatoms. The number of thioether (sulfide) groups is 1. The van der Waals surface area contributed by atoms with E-state index in [2.05, 4.69) is 49.7 Å². The molecule has 0 aliphatic carbocycles. The van der Waals surface area contributed by atoms with Crippen LogP contribution in [0.4, 0.5) is 11.4 Å². The van der Waals surface area contributed by atoms with Gasteiger partial charge in [-0.1, -0.05) is 24.8 Å². The van der Waals surface area contributed by atoms with Gasteiger partial charge in [-0.05, 0) is 52.7 Å². The maximum atomic E-state index is 12.4. The number of hydrogen-bond acceptors (Lipinski definition) is 8. The van der Waals surface area contributed by atoms with E-state index in [4.69, 9.17) is 0 Å². The molecule has 0 spiro atoms. The SMILES string of the molecule is CCN1CCN(c2ccc(NC(=O)CSc3nnnn3Cc3cccs3)cc2)CC1. The molecule has 1 saturated heterocycles. The standard InChI is InChI=1S/C20H25N7OS2/c1-2-25-9-11-26(12-10-25)17-7-5-16(6-8-17)21-19(28)15-30-20-22-23-24-27(20)14-18-4-3-13-29-18/h3-8,13H,2,9-12,14-15H2,1H3,(H,21,28). The summed E-state index contributed by atoms with van der Waals surface area (Å²) in [4.78, 5) is 18.4. The first-order valence-corrected chi connectivity index (χ1v) is 11.9. The molecule has 30 heavy (non-hydrogen) atoms. The summed E-state index contributed by atoms with van der Waals surface area (Å²) in [5.74, 6) is 0.181. The number of carbonyl (C=O) groups is 1. The van der Waals surface area contributed by atoms with E-state index in [0.29, 0.717) is 11.7 Å². The Morgan fingerprint density at radius 3 is 2.67 bits per heavy atom. The Morgan fingerprint density at radius 1 is 1.17 bits per heavy atom. The molecule has 2 aromatic heterocycles. The predicted octanol–water partition coefficient (Wildman–Crippen LogP) is 2.66. The van der Waals surface area contributed by atoms with Crippen LogP contribution in [-0.2, 0) is 11.3 Å². The van der Waals surface area contributed by atoms with Crippen molar-refractivity contribution in [2.24, 2.45) is 0 Å². The Hall–Kier alpha value is -2.43. The van der Waals surface area contributed by atoms with Crippen molar-refractivity contribution in [2.75, 3.05) is 48.7 Å². The number of rotatable bonds is 8. The first-order chi connectivity index (χ1) is 14.7. The highest BCUT2D eigenvalue weighted by Gasteiger charge is 2.16. The minimum atomic E-state index is -0.0741. The van der Waals surface area contributed by atoms with Crippen LogP contribution < -0.4 is 10.2 Å². The number of benzene rings is 1. The van der Waals surface area contributed by atoms with E-state index < -0.39 is 0 Å². The zero-order valence-corrected chi connectivity index (χ0v) is 18.5. The molecule has 0 unspecified atom stereocenters. The van der Waals surface area contributed by atoms with Crippen molar-refractivity contribution >= 4 is 40.4 Å². The van der Waals surface area contributed by atoms with Crippen molar-refractivity contribution in [3.63, 3.8) is 0 Å². The van der Waals surface area contributed by atoms with Gasteiger partial charge in [0.05, 0.1) is 12.3 Å². The molecule has 4 rings (SSSR count). The molecule has 1 amide bonds. The van der Waals surface area contributed by atoms with Crippen LogP contribution in [0.2, 0.25) is 0 Å². The molecular weight excluding hydrogens is 418 g/mol. The maximum Gasteiger partial charge on any atom is 0.234 e. The second-order valence-electron chi connectivity index (χ2n) is 7.00. The number of nitrogens with zero attached hydrogens (tertiary/aromatic N) is 6. The first-order valence-electron chi connectivity index (χ1n) is 10.00. The number of aromatic nitrogens is 4. The average molecular weight is 444 g/mol. The van der Waals surface area contributed by atoms with Gasteiger partial charge in [0.2, 0.25) is 11.1 Å². The van der Waals surface area contributed by atoms with Crippen LogP contribution in [0.1, 0.15) is 11.8 Å². The number of likely N-dealkylation sites (N-methyl/N-ethyl adjacent to an activating group) is 1. The number of carbonyl (C=O) groups excluding carboxylic acids is 1. The molecule has 0 radical (unpaired) electrons. The third kappa shape index (κ3) is 5.38. The quantitative estimate of drug-likeness (QED) is 0.536. The molecule has 3 aromatic rings. The van der Waals surface area contributed by atoms with Crippen LogP contribution in [0, 0.1) is 0 Å². The van der Waals surface area contributed by atoms with Crippen LogP contribution in [0.25, 0.3) is 0 Å². The van der Waals surface area contributed by atoms with Crippen molar-refractivity contribution in [3.8, 4) is 0 Å². The van der Waals surface area contributed by atoms with Gasteiger partial charge in [0, 0.05) is 42.4 Å². The number of anilines is 2. The largest absolute Gasteiger partial charge is 0.369 e. The van der Waals surface area contributed by atoms with Crippen molar-refractivity contribution in [1.82, 2.24) is 25.1 Å². The minimum Gasteiger partial charge on any atom is -0.369 e. The smallest absolute Gasteiger partial charge is 0.234 e. The van der Waals surface area contributed by atoms with E-state index in [0.717, 1.165) is 38.4 Å². The van der Waals surface area contributed by atoms with Gasteiger partial charge in [0.15, 0.2) is 0 Å². The average Bonchev–Trinajstić information content (AvgIpc) is 3.45. The van der Waals surface area contributed by atoms with E-state index in [9.17, 15) is 4.79 Å². The fourth-order valence-electron chi connectivity index (χ4n) is 3.35. The van der Waals surface area contributed by atoms with Gasteiger partial charge in [-0.2, -0.15) is 0 Å². The summed E-state index contributed by atoms with van der Waals surface area (Å²) in [5.41, 5.74) is 2.00. The van der Waals surface area contributed by atoms with E-state index in [1.54, 1.807) is 16.0 Å². The summed E-state index contributed by atoms with van der Waals surface area (Å²) in [6.07, 6.45) is 0. The van der Waals surface area contributed by atoms with Crippen LogP contribution in [-0.4, -0.2) is 69.5 Å².